The number of carbonyl (C=O) groups is 5. The number of fused-ring (bicyclic) bond motifs is 1. The molecule has 4 atom stereocenters. The molecular weight excluding hydrogens is 618 g/mol. The summed E-state index contributed by atoms with van der Waals surface area (Å²) in [7, 11) is 1.56. The minimum atomic E-state index is -1.02. The van der Waals surface area contributed by atoms with Crippen molar-refractivity contribution in [3.63, 3.8) is 0 Å². The second-order valence-corrected chi connectivity index (χ2v) is 14.3. The van der Waals surface area contributed by atoms with E-state index in [4.69, 9.17) is 4.74 Å². The fourth-order valence-corrected chi connectivity index (χ4v) is 7.13. The van der Waals surface area contributed by atoms with Crippen LogP contribution in [0.1, 0.15) is 80.2 Å². The quantitative estimate of drug-likeness (QED) is 0.357. The third-order valence-electron chi connectivity index (χ3n) is 8.81. The summed E-state index contributed by atoms with van der Waals surface area (Å²) < 4.78 is 5.24. The van der Waals surface area contributed by atoms with Gasteiger partial charge in [-0.25, -0.2) is 0 Å². The van der Waals surface area contributed by atoms with Crippen molar-refractivity contribution >= 4 is 40.9 Å². The number of thiophene rings is 1. The van der Waals surface area contributed by atoms with Crippen LogP contribution in [-0.2, 0) is 38.4 Å². The molecule has 0 unspecified atom stereocenters. The largest absolute Gasteiger partial charge is 0.497 e. The number of carbonyl (C=O) groups excluding carboxylic acids is 5. The highest BCUT2D eigenvalue weighted by Gasteiger charge is 2.34. The number of benzene rings is 1. The van der Waals surface area contributed by atoms with Gasteiger partial charge in [0.1, 0.15) is 23.9 Å². The van der Waals surface area contributed by atoms with Crippen LogP contribution in [0.25, 0.3) is 0 Å². The lowest BCUT2D eigenvalue weighted by molar-refractivity contribution is -0.133. The van der Waals surface area contributed by atoms with E-state index in [2.05, 4.69) is 21.3 Å². The molecule has 11 nitrogen and oxygen atoms in total. The summed E-state index contributed by atoms with van der Waals surface area (Å²) in [6.45, 7) is 9.15. The number of amides is 5. The van der Waals surface area contributed by atoms with Crippen LogP contribution >= 0.6 is 11.3 Å². The van der Waals surface area contributed by atoms with Gasteiger partial charge in [-0.15, -0.1) is 11.3 Å². The van der Waals surface area contributed by atoms with Crippen LogP contribution < -0.4 is 26.0 Å². The third kappa shape index (κ3) is 9.56. The molecule has 1 aliphatic heterocycles. The second kappa shape index (κ2) is 16.3. The van der Waals surface area contributed by atoms with Crippen LogP contribution in [0.2, 0.25) is 0 Å². The van der Waals surface area contributed by atoms with Crippen LogP contribution in [0.3, 0.4) is 0 Å². The molecule has 256 valence electrons. The van der Waals surface area contributed by atoms with Crippen molar-refractivity contribution in [3.8, 4) is 5.75 Å². The maximum Gasteiger partial charge on any atom is 0.264 e. The molecule has 2 aromatic rings. The molecule has 1 saturated heterocycles. The zero-order valence-corrected chi connectivity index (χ0v) is 29.1. The van der Waals surface area contributed by atoms with Gasteiger partial charge in [0, 0.05) is 19.0 Å². The summed E-state index contributed by atoms with van der Waals surface area (Å²) in [5, 5.41) is 13.5. The van der Waals surface area contributed by atoms with Crippen molar-refractivity contribution in [2.75, 3.05) is 20.2 Å². The van der Waals surface area contributed by atoms with Gasteiger partial charge in [-0.1, -0.05) is 39.8 Å². The normalized spacial score (nSPS) is 23.2. The van der Waals surface area contributed by atoms with E-state index in [1.165, 1.54) is 21.8 Å². The highest BCUT2D eigenvalue weighted by atomic mass is 32.1. The van der Waals surface area contributed by atoms with E-state index >= 15 is 0 Å². The van der Waals surface area contributed by atoms with Crippen LogP contribution in [-0.4, -0.2) is 78.8 Å². The van der Waals surface area contributed by atoms with E-state index in [1.54, 1.807) is 38.3 Å². The molecular formula is C35H49N5O6S. The molecule has 2 heterocycles. The molecule has 0 bridgehead atoms. The molecule has 12 heteroatoms. The van der Waals surface area contributed by atoms with Crippen LogP contribution in [0.4, 0.5) is 0 Å². The Morgan fingerprint density at radius 3 is 2.26 bits per heavy atom. The molecule has 1 aromatic carbocycles. The van der Waals surface area contributed by atoms with Gasteiger partial charge in [0.05, 0.1) is 18.5 Å². The predicted octanol–water partition coefficient (Wildman–Crippen LogP) is 3.00. The smallest absolute Gasteiger partial charge is 0.264 e. The Kier molecular flexibility index (Phi) is 12.4. The van der Waals surface area contributed by atoms with E-state index in [-0.39, 0.29) is 37.3 Å². The molecule has 5 amide bonds. The highest BCUT2D eigenvalue weighted by Crippen LogP contribution is 2.31. The molecule has 0 spiro atoms. The number of ether oxygens (including phenoxy) is 1. The zero-order chi connectivity index (χ0) is 34.2. The minimum absolute atomic E-state index is 0.0459. The Bertz CT molecular complexity index is 1440. The minimum Gasteiger partial charge on any atom is -0.497 e. The maximum absolute atomic E-state index is 14.1. The monoisotopic (exact) mass is 667 g/mol. The first-order valence-corrected chi connectivity index (χ1v) is 17.5. The molecule has 4 N–H and O–H groups in total. The summed E-state index contributed by atoms with van der Waals surface area (Å²) >= 11 is 1.40. The van der Waals surface area contributed by atoms with E-state index in [9.17, 15) is 24.0 Å². The zero-order valence-electron chi connectivity index (χ0n) is 28.3. The van der Waals surface area contributed by atoms with Gasteiger partial charge in [0.15, 0.2) is 0 Å². The number of nitrogens with one attached hydrogen (secondary N) is 4. The van der Waals surface area contributed by atoms with Gasteiger partial charge < -0.3 is 30.9 Å². The van der Waals surface area contributed by atoms with Gasteiger partial charge in [0.2, 0.25) is 23.6 Å². The summed E-state index contributed by atoms with van der Waals surface area (Å²) in [6.07, 6.45) is 4.31. The summed E-state index contributed by atoms with van der Waals surface area (Å²) in [4.78, 5) is 70.7. The fourth-order valence-electron chi connectivity index (χ4n) is 6.00. The number of nitrogens with zero attached hydrogens (tertiary/aromatic N) is 1. The van der Waals surface area contributed by atoms with Crippen molar-refractivity contribution in [2.45, 2.75) is 97.3 Å². The van der Waals surface area contributed by atoms with Crippen molar-refractivity contribution in [1.29, 1.82) is 0 Å². The molecule has 1 aliphatic carbocycles. The molecule has 1 fully saturated rings. The first kappa shape index (κ1) is 35.9. The van der Waals surface area contributed by atoms with E-state index in [1.807, 2.05) is 33.1 Å². The lowest BCUT2D eigenvalue weighted by Crippen LogP contribution is -2.57. The molecule has 47 heavy (non-hydrogen) atoms. The first-order chi connectivity index (χ1) is 22.4. The Morgan fingerprint density at radius 1 is 0.915 bits per heavy atom. The SMILES string of the molecule is COc1ccc(C[C@@H]2NC(=O)[C@H](CC(C)C)NC(=O)CN(C(=O)c3scc4c3CCCC4)C[C@H](C(C)C)NC(=O)[C@@H](C)NC2=O)cc1. The van der Waals surface area contributed by atoms with Gasteiger partial charge in [-0.3, -0.25) is 24.0 Å². The Hall–Kier alpha value is -3.93. The van der Waals surface area contributed by atoms with Gasteiger partial charge >= 0.3 is 0 Å². The fraction of sp³-hybridized carbons (Fsp3) is 0.571. The van der Waals surface area contributed by atoms with Gasteiger partial charge in [-0.05, 0) is 85.1 Å². The van der Waals surface area contributed by atoms with Crippen LogP contribution in [0.15, 0.2) is 29.6 Å². The lowest BCUT2D eigenvalue weighted by Gasteiger charge is -2.31. The Balaban J connectivity index is 1.67. The first-order valence-electron chi connectivity index (χ1n) is 16.6. The maximum atomic E-state index is 14.1. The van der Waals surface area contributed by atoms with E-state index < -0.39 is 47.8 Å². The summed E-state index contributed by atoms with van der Waals surface area (Å²) in [5.41, 5.74) is 3.00. The second-order valence-electron chi connectivity index (χ2n) is 13.4. The summed E-state index contributed by atoms with van der Waals surface area (Å²) in [6, 6.07) is 3.76. The van der Waals surface area contributed by atoms with Gasteiger partial charge in [0.25, 0.3) is 5.91 Å². The van der Waals surface area contributed by atoms with Crippen molar-refractivity contribution in [2.24, 2.45) is 11.8 Å². The lowest BCUT2D eigenvalue weighted by atomic mass is 9.93. The molecule has 2 aliphatic rings. The highest BCUT2D eigenvalue weighted by molar-refractivity contribution is 7.12. The number of hydrogen-bond donors (Lipinski definition) is 4. The number of methoxy groups -OCH3 is 1. The standard InChI is InChI=1S/C35H49N5O6S/c1-20(2)15-27-34(44)38-28(16-23-11-13-25(46-6)14-12-23)33(43)36-22(5)32(42)39-29(21(3)4)17-40(18-30(41)37-27)35(45)31-26-10-8-7-9-24(26)19-47-31/h11-14,19-22,27-29H,7-10,15-18H2,1-6H3,(H,36,43)(H,37,41)(H,38,44)(H,39,42)/t22-,27+,28+,29-/m1/s1. The Labute approximate surface area is 281 Å². The average molecular weight is 668 g/mol. The molecule has 1 aromatic heterocycles. The number of aryl methyl sites for hydroxylation is 1. The van der Waals surface area contributed by atoms with Gasteiger partial charge in [-0.2, -0.15) is 0 Å². The number of hydrogen-bond acceptors (Lipinski definition) is 7. The third-order valence-corrected chi connectivity index (χ3v) is 9.87. The van der Waals surface area contributed by atoms with E-state index in [0.717, 1.165) is 36.8 Å². The van der Waals surface area contributed by atoms with Crippen LogP contribution in [0.5, 0.6) is 5.75 Å². The molecule has 0 saturated carbocycles. The van der Waals surface area contributed by atoms with Crippen molar-refractivity contribution < 1.29 is 28.7 Å². The van der Waals surface area contributed by atoms with Crippen LogP contribution in [0, 0.1) is 11.8 Å². The van der Waals surface area contributed by atoms with E-state index in [0.29, 0.717) is 17.0 Å². The molecule has 0 radical (unpaired) electrons. The Morgan fingerprint density at radius 2 is 1.60 bits per heavy atom. The number of rotatable bonds is 7. The predicted molar refractivity (Wildman–Crippen MR) is 181 cm³/mol. The average Bonchev–Trinajstić information content (AvgIpc) is 3.46. The topological polar surface area (TPSA) is 146 Å². The van der Waals surface area contributed by atoms with Crippen molar-refractivity contribution in [1.82, 2.24) is 26.2 Å². The molecule has 4 rings (SSSR count). The van der Waals surface area contributed by atoms with Crippen molar-refractivity contribution in [3.05, 3.63) is 51.2 Å². The summed E-state index contributed by atoms with van der Waals surface area (Å²) in [5.74, 6) is -1.61.